The Hall–Kier alpha value is -2.43. The molecule has 0 aliphatic carbocycles. The molecule has 5 heteroatoms. The Bertz CT molecular complexity index is 761. The number of carbonyl (C=O) groups excluding carboxylic acids is 1. The molecule has 104 valence electrons. The molecule has 0 saturated heterocycles. The molecule has 0 aliphatic rings. The van der Waals surface area contributed by atoms with Gasteiger partial charge in [-0.3, -0.25) is 19.5 Å². The van der Waals surface area contributed by atoms with Gasteiger partial charge in [-0.05, 0) is 31.9 Å². The summed E-state index contributed by atoms with van der Waals surface area (Å²) in [7, 11) is 0. The van der Waals surface area contributed by atoms with Gasteiger partial charge in [0.2, 0.25) is 0 Å². The van der Waals surface area contributed by atoms with Gasteiger partial charge in [-0.2, -0.15) is 0 Å². The molecule has 0 radical (unpaired) electrons. The van der Waals surface area contributed by atoms with E-state index in [-0.39, 0.29) is 12.3 Å². The van der Waals surface area contributed by atoms with Crippen LogP contribution in [-0.4, -0.2) is 15.6 Å². The first-order valence-electron chi connectivity index (χ1n) is 6.29. The van der Waals surface area contributed by atoms with Crippen molar-refractivity contribution >= 4 is 5.78 Å². The molecule has 1 heterocycles. The summed E-state index contributed by atoms with van der Waals surface area (Å²) in [5, 5.41) is 2.35. The molecule has 1 aromatic carbocycles. The van der Waals surface area contributed by atoms with Crippen LogP contribution in [0.3, 0.4) is 0 Å². The van der Waals surface area contributed by atoms with Crippen molar-refractivity contribution in [2.24, 2.45) is 0 Å². The van der Waals surface area contributed by atoms with Crippen molar-refractivity contribution in [2.45, 2.75) is 27.3 Å². The molecule has 0 atom stereocenters. The number of aryl methyl sites for hydroxylation is 3. The second-order valence-corrected chi connectivity index (χ2v) is 4.93. The number of hydrogen-bond donors (Lipinski definition) is 1. The van der Waals surface area contributed by atoms with Crippen LogP contribution in [0.5, 0.6) is 0 Å². The number of aromatic nitrogens is 2. The lowest BCUT2D eigenvalue weighted by molar-refractivity contribution is 0.0964. The maximum absolute atomic E-state index is 12.3. The van der Waals surface area contributed by atoms with Gasteiger partial charge in [-0.25, -0.2) is 4.68 Å². The van der Waals surface area contributed by atoms with Crippen molar-refractivity contribution in [3.8, 4) is 0 Å². The van der Waals surface area contributed by atoms with Gasteiger partial charge in [0, 0.05) is 17.7 Å². The van der Waals surface area contributed by atoms with E-state index < -0.39 is 11.1 Å². The standard InChI is InChI=1S/C15H16N2O3/c1-9-6-10(2)15(11(3)7-9)12(18)8-17-14(20)5-4-13(19)16-17/h4-7H,8H2,1-3H3,(H,16,19). The zero-order valence-corrected chi connectivity index (χ0v) is 11.7. The molecular weight excluding hydrogens is 256 g/mol. The minimum atomic E-state index is -0.408. The number of ketones is 1. The number of H-pyrrole nitrogens is 1. The highest BCUT2D eigenvalue weighted by Crippen LogP contribution is 2.17. The lowest BCUT2D eigenvalue weighted by Gasteiger charge is -2.11. The summed E-state index contributed by atoms with van der Waals surface area (Å²) in [5.74, 6) is -0.191. The van der Waals surface area contributed by atoms with Crippen LogP contribution >= 0.6 is 0 Å². The quantitative estimate of drug-likeness (QED) is 0.857. The van der Waals surface area contributed by atoms with E-state index in [9.17, 15) is 14.4 Å². The predicted octanol–water partition coefficient (Wildman–Crippen LogP) is 1.34. The van der Waals surface area contributed by atoms with E-state index >= 15 is 0 Å². The predicted molar refractivity (Wildman–Crippen MR) is 76.3 cm³/mol. The van der Waals surface area contributed by atoms with Crippen LogP contribution in [-0.2, 0) is 6.54 Å². The maximum atomic E-state index is 12.3. The van der Waals surface area contributed by atoms with Crippen molar-refractivity contribution < 1.29 is 4.79 Å². The van der Waals surface area contributed by atoms with Gasteiger partial charge in [-0.1, -0.05) is 17.7 Å². The Kier molecular flexibility index (Phi) is 3.70. The number of nitrogens with one attached hydrogen (secondary N) is 1. The van der Waals surface area contributed by atoms with Crippen LogP contribution in [0.25, 0.3) is 0 Å². The van der Waals surface area contributed by atoms with Gasteiger partial charge >= 0.3 is 0 Å². The van der Waals surface area contributed by atoms with E-state index in [1.165, 1.54) is 0 Å². The molecule has 20 heavy (non-hydrogen) atoms. The van der Waals surface area contributed by atoms with Gasteiger partial charge in [-0.15, -0.1) is 0 Å². The molecular formula is C15H16N2O3. The summed E-state index contributed by atoms with van der Waals surface area (Å²) >= 11 is 0. The first-order chi connectivity index (χ1) is 9.38. The number of aromatic amines is 1. The van der Waals surface area contributed by atoms with Gasteiger partial charge in [0.15, 0.2) is 5.78 Å². The first kappa shape index (κ1) is 14.0. The molecule has 0 bridgehead atoms. The monoisotopic (exact) mass is 272 g/mol. The van der Waals surface area contributed by atoms with Crippen molar-refractivity contribution in [1.29, 1.82) is 0 Å². The summed E-state index contributed by atoms with van der Waals surface area (Å²) in [4.78, 5) is 35.2. The molecule has 1 N–H and O–H groups in total. The smallest absolute Gasteiger partial charge is 0.265 e. The maximum Gasteiger partial charge on any atom is 0.265 e. The fourth-order valence-electron chi connectivity index (χ4n) is 2.42. The van der Waals surface area contributed by atoms with Crippen molar-refractivity contribution in [3.63, 3.8) is 0 Å². The summed E-state index contributed by atoms with van der Waals surface area (Å²) < 4.78 is 1.03. The van der Waals surface area contributed by atoms with Crippen molar-refractivity contribution in [3.05, 3.63) is 67.2 Å². The second kappa shape index (κ2) is 5.28. The third-order valence-electron chi connectivity index (χ3n) is 3.15. The average Bonchev–Trinajstić information content (AvgIpc) is 2.32. The lowest BCUT2D eigenvalue weighted by atomic mass is 9.96. The topological polar surface area (TPSA) is 71.9 Å². The normalized spacial score (nSPS) is 10.6. The number of Topliss-reactive ketones (excluding diaryl/α,β-unsaturated/α-hetero) is 1. The van der Waals surface area contributed by atoms with Crippen LogP contribution in [0.2, 0.25) is 0 Å². The molecule has 0 aliphatic heterocycles. The van der Waals surface area contributed by atoms with Crippen LogP contribution in [0.15, 0.2) is 33.9 Å². The zero-order chi connectivity index (χ0) is 14.9. The van der Waals surface area contributed by atoms with Crippen LogP contribution in [0.1, 0.15) is 27.0 Å². The minimum absolute atomic E-state index is 0.167. The summed E-state index contributed by atoms with van der Waals surface area (Å²) in [6.45, 7) is 5.53. The van der Waals surface area contributed by atoms with E-state index in [1.807, 2.05) is 32.9 Å². The highest BCUT2D eigenvalue weighted by Gasteiger charge is 2.14. The molecule has 2 aromatic rings. The number of benzene rings is 1. The molecule has 1 aromatic heterocycles. The SMILES string of the molecule is Cc1cc(C)c(C(=O)Cn2[nH]c(=O)ccc2=O)c(C)c1. The zero-order valence-electron chi connectivity index (χ0n) is 11.7. The Morgan fingerprint density at radius 2 is 1.70 bits per heavy atom. The lowest BCUT2D eigenvalue weighted by Crippen LogP contribution is -2.31. The molecule has 0 amide bonds. The highest BCUT2D eigenvalue weighted by atomic mass is 16.2. The van der Waals surface area contributed by atoms with Gasteiger partial charge in [0.25, 0.3) is 11.1 Å². The number of hydrogen-bond acceptors (Lipinski definition) is 3. The van der Waals surface area contributed by atoms with E-state index in [0.717, 1.165) is 33.5 Å². The Morgan fingerprint density at radius 3 is 2.30 bits per heavy atom. The molecule has 0 saturated carbocycles. The van der Waals surface area contributed by atoms with Crippen LogP contribution in [0.4, 0.5) is 0 Å². The van der Waals surface area contributed by atoms with Gasteiger partial charge in [0.05, 0.1) is 0 Å². The number of carbonyl (C=O) groups is 1. The Morgan fingerprint density at radius 1 is 1.10 bits per heavy atom. The van der Waals surface area contributed by atoms with E-state index in [0.29, 0.717) is 5.56 Å². The molecule has 0 spiro atoms. The van der Waals surface area contributed by atoms with E-state index in [4.69, 9.17) is 0 Å². The van der Waals surface area contributed by atoms with Crippen LogP contribution < -0.4 is 11.1 Å². The molecule has 0 unspecified atom stereocenters. The second-order valence-electron chi connectivity index (χ2n) is 4.93. The highest BCUT2D eigenvalue weighted by molar-refractivity contribution is 5.98. The third-order valence-corrected chi connectivity index (χ3v) is 3.15. The minimum Gasteiger partial charge on any atom is -0.292 e. The molecule has 0 fully saturated rings. The largest absolute Gasteiger partial charge is 0.292 e. The van der Waals surface area contributed by atoms with Crippen molar-refractivity contribution in [2.75, 3.05) is 0 Å². The average molecular weight is 272 g/mol. The Balaban J connectivity index is 2.41. The molecule has 5 nitrogen and oxygen atoms in total. The number of nitrogens with zero attached hydrogens (tertiary/aromatic N) is 1. The fraction of sp³-hybridized carbons (Fsp3) is 0.267. The third kappa shape index (κ3) is 2.77. The summed E-state index contributed by atoms with van der Waals surface area (Å²) in [5.41, 5.74) is 2.63. The van der Waals surface area contributed by atoms with Gasteiger partial charge < -0.3 is 0 Å². The summed E-state index contributed by atoms with van der Waals surface area (Å²) in [6.07, 6.45) is 0. The fourth-order valence-corrected chi connectivity index (χ4v) is 2.42. The van der Waals surface area contributed by atoms with Gasteiger partial charge in [0.1, 0.15) is 6.54 Å². The van der Waals surface area contributed by atoms with E-state index in [2.05, 4.69) is 5.10 Å². The molecule has 2 rings (SSSR count). The van der Waals surface area contributed by atoms with E-state index in [1.54, 1.807) is 0 Å². The Labute approximate surface area is 115 Å². The first-order valence-corrected chi connectivity index (χ1v) is 6.29. The number of rotatable bonds is 3. The van der Waals surface area contributed by atoms with Crippen LogP contribution in [0, 0.1) is 20.8 Å². The summed E-state index contributed by atoms with van der Waals surface area (Å²) in [6, 6.07) is 6.15. The van der Waals surface area contributed by atoms with Crippen molar-refractivity contribution in [1.82, 2.24) is 9.78 Å².